The Hall–Kier alpha value is -1.54. The van der Waals surface area contributed by atoms with Crippen LogP contribution in [-0.2, 0) is 21.2 Å². The highest BCUT2D eigenvalue weighted by Gasteiger charge is 2.33. The topological polar surface area (TPSA) is 100 Å². The monoisotopic (exact) mass is 299 g/mol. The number of aliphatic carboxylic acids is 1. The maximum Gasteiger partial charge on any atom is 0.303 e. The first kappa shape index (κ1) is 14.9. The molecule has 110 valence electrons. The summed E-state index contributed by atoms with van der Waals surface area (Å²) < 4.78 is 24.8. The van der Waals surface area contributed by atoms with E-state index in [0.29, 0.717) is 24.4 Å². The fraction of sp³-hybridized carbons (Fsp3) is 0.583. The van der Waals surface area contributed by atoms with Crippen LogP contribution >= 0.6 is 0 Å². The Bertz CT molecular complexity index is 585. The second kappa shape index (κ2) is 5.84. The molecule has 0 bridgehead atoms. The maximum absolute atomic E-state index is 11.7. The van der Waals surface area contributed by atoms with Crippen LogP contribution in [0.25, 0.3) is 0 Å². The molecule has 0 saturated carbocycles. The van der Waals surface area contributed by atoms with E-state index in [1.165, 1.54) is 16.8 Å². The van der Waals surface area contributed by atoms with Gasteiger partial charge in [0.1, 0.15) is 0 Å². The molecule has 1 atom stereocenters. The van der Waals surface area contributed by atoms with Crippen LogP contribution in [0.4, 0.5) is 0 Å². The summed E-state index contributed by atoms with van der Waals surface area (Å²) in [5.41, 5.74) is 1.21. The number of carboxylic acids is 1. The van der Waals surface area contributed by atoms with E-state index in [-0.39, 0.29) is 12.5 Å². The molecule has 2 rings (SSSR count). The smallest absolute Gasteiger partial charge is 0.303 e. The minimum atomic E-state index is -3.24. The SMILES string of the molecule is CS(=O)(=O)N1CCC[C@@H]1c1cnc(CCC(=O)O)cn1. The first-order valence-corrected chi connectivity index (χ1v) is 8.22. The van der Waals surface area contributed by atoms with E-state index in [9.17, 15) is 13.2 Å². The van der Waals surface area contributed by atoms with Crippen LogP contribution in [0.3, 0.4) is 0 Å². The zero-order valence-corrected chi connectivity index (χ0v) is 12.0. The summed E-state index contributed by atoms with van der Waals surface area (Å²) in [6.07, 6.45) is 6.13. The molecular weight excluding hydrogens is 282 g/mol. The summed E-state index contributed by atoms with van der Waals surface area (Å²) in [5, 5.41) is 8.60. The molecule has 0 aromatic carbocycles. The number of hydrogen-bond acceptors (Lipinski definition) is 5. The van der Waals surface area contributed by atoms with Crippen LogP contribution in [0.15, 0.2) is 12.4 Å². The number of carbonyl (C=O) groups is 1. The molecule has 1 aromatic heterocycles. The molecular formula is C12H17N3O4S. The van der Waals surface area contributed by atoms with E-state index in [1.54, 1.807) is 6.20 Å². The van der Waals surface area contributed by atoms with Gasteiger partial charge in [0.15, 0.2) is 0 Å². The molecule has 0 radical (unpaired) electrons. The van der Waals surface area contributed by atoms with E-state index in [1.807, 2.05) is 0 Å². The fourth-order valence-electron chi connectivity index (χ4n) is 2.33. The Morgan fingerprint density at radius 3 is 2.75 bits per heavy atom. The van der Waals surface area contributed by atoms with Gasteiger partial charge in [-0.3, -0.25) is 14.8 Å². The largest absolute Gasteiger partial charge is 0.481 e. The summed E-state index contributed by atoms with van der Waals surface area (Å²) >= 11 is 0. The van der Waals surface area contributed by atoms with Crippen molar-refractivity contribution >= 4 is 16.0 Å². The van der Waals surface area contributed by atoms with Crippen LogP contribution in [0.1, 0.15) is 36.7 Å². The van der Waals surface area contributed by atoms with Gasteiger partial charge < -0.3 is 5.11 Å². The van der Waals surface area contributed by atoms with Crippen molar-refractivity contribution in [3.8, 4) is 0 Å². The molecule has 1 aromatic rings. The predicted molar refractivity (Wildman–Crippen MR) is 71.5 cm³/mol. The zero-order valence-electron chi connectivity index (χ0n) is 11.2. The minimum Gasteiger partial charge on any atom is -0.481 e. The van der Waals surface area contributed by atoms with Gasteiger partial charge in [0.2, 0.25) is 10.0 Å². The van der Waals surface area contributed by atoms with E-state index in [2.05, 4.69) is 9.97 Å². The van der Waals surface area contributed by atoms with Crippen molar-refractivity contribution in [1.82, 2.24) is 14.3 Å². The average molecular weight is 299 g/mol. The Balaban J connectivity index is 2.11. The average Bonchev–Trinajstić information content (AvgIpc) is 2.86. The van der Waals surface area contributed by atoms with Crippen molar-refractivity contribution in [2.24, 2.45) is 0 Å². The summed E-state index contributed by atoms with van der Waals surface area (Å²) in [7, 11) is -3.24. The number of nitrogens with zero attached hydrogens (tertiary/aromatic N) is 3. The van der Waals surface area contributed by atoms with Gasteiger partial charge in [-0.2, -0.15) is 4.31 Å². The number of sulfonamides is 1. The molecule has 20 heavy (non-hydrogen) atoms. The van der Waals surface area contributed by atoms with Gasteiger partial charge in [-0.1, -0.05) is 0 Å². The predicted octanol–water partition coefficient (Wildman–Crippen LogP) is 0.590. The first-order valence-electron chi connectivity index (χ1n) is 6.37. The van der Waals surface area contributed by atoms with Gasteiger partial charge in [0, 0.05) is 19.2 Å². The van der Waals surface area contributed by atoms with E-state index < -0.39 is 16.0 Å². The lowest BCUT2D eigenvalue weighted by Gasteiger charge is -2.21. The number of carboxylic acid groups (broad SMARTS) is 1. The van der Waals surface area contributed by atoms with Crippen LogP contribution in [0, 0.1) is 0 Å². The van der Waals surface area contributed by atoms with Gasteiger partial charge in [-0.05, 0) is 12.8 Å². The molecule has 0 amide bonds. The van der Waals surface area contributed by atoms with Gasteiger partial charge in [-0.25, -0.2) is 8.42 Å². The first-order chi connectivity index (χ1) is 9.38. The van der Waals surface area contributed by atoms with Crippen molar-refractivity contribution in [2.45, 2.75) is 31.7 Å². The second-order valence-corrected chi connectivity index (χ2v) is 6.79. The third kappa shape index (κ3) is 3.51. The summed E-state index contributed by atoms with van der Waals surface area (Å²) in [4.78, 5) is 18.9. The Morgan fingerprint density at radius 2 is 2.20 bits per heavy atom. The van der Waals surface area contributed by atoms with Crippen LogP contribution < -0.4 is 0 Å². The summed E-state index contributed by atoms with van der Waals surface area (Å²) in [6, 6.07) is -0.258. The van der Waals surface area contributed by atoms with Gasteiger partial charge in [0.05, 0.1) is 36.3 Å². The Labute approximate surface area is 117 Å². The van der Waals surface area contributed by atoms with Crippen molar-refractivity contribution in [3.05, 3.63) is 23.8 Å². The second-order valence-electron chi connectivity index (χ2n) is 4.86. The maximum atomic E-state index is 11.7. The Morgan fingerprint density at radius 1 is 1.45 bits per heavy atom. The molecule has 2 heterocycles. The molecule has 8 heteroatoms. The molecule has 7 nitrogen and oxygen atoms in total. The van der Waals surface area contributed by atoms with Crippen molar-refractivity contribution in [3.63, 3.8) is 0 Å². The highest BCUT2D eigenvalue weighted by molar-refractivity contribution is 7.88. The highest BCUT2D eigenvalue weighted by atomic mass is 32.2. The molecule has 1 aliphatic heterocycles. The summed E-state index contributed by atoms with van der Waals surface area (Å²) in [6.45, 7) is 0.506. The lowest BCUT2D eigenvalue weighted by atomic mass is 10.1. The number of aryl methyl sites for hydroxylation is 1. The molecule has 0 spiro atoms. The third-order valence-corrected chi connectivity index (χ3v) is 4.58. The van der Waals surface area contributed by atoms with Gasteiger partial charge in [0.25, 0.3) is 0 Å². The third-order valence-electron chi connectivity index (χ3n) is 3.29. The number of aromatic nitrogens is 2. The minimum absolute atomic E-state index is 0.00686. The zero-order chi connectivity index (χ0) is 14.8. The van der Waals surface area contributed by atoms with E-state index in [4.69, 9.17) is 5.11 Å². The van der Waals surface area contributed by atoms with Crippen molar-refractivity contribution in [1.29, 1.82) is 0 Å². The molecule has 0 aliphatic carbocycles. The molecule has 1 N–H and O–H groups in total. The number of rotatable bonds is 5. The lowest BCUT2D eigenvalue weighted by molar-refractivity contribution is -0.136. The normalized spacial score (nSPS) is 20.1. The van der Waals surface area contributed by atoms with Gasteiger partial charge >= 0.3 is 5.97 Å². The van der Waals surface area contributed by atoms with Crippen molar-refractivity contribution in [2.75, 3.05) is 12.8 Å². The molecule has 1 saturated heterocycles. The lowest BCUT2D eigenvalue weighted by Crippen LogP contribution is -2.30. The van der Waals surface area contributed by atoms with E-state index >= 15 is 0 Å². The molecule has 1 aliphatic rings. The Kier molecular flexibility index (Phi) is 4.34. The highest BCUT2D eigenvalue weighted by Crippen LogP contribution is 2.32. The van der Waals surface area contributed by atoms with Crippen LogP contribution in [0.5, 0.6) is 0 Å². The molecule has 0 unspecified atom stereocenters. The van der Waals surface area contributed by atoms with Gasteiger partial charge in [-0.15, -0.1) is 0 Å². The fourth-order valence-corrected chi connectivity index (χ4v) is 3.47. The van der Waals surface area contributed by atoms with E-state index in [0.717, 1.165) is 12.8 Å². The standard InChI is InChI=1S/C12H17N3O4S/c1-20(18,19)15-6-2-3-11(15)10-8-13-9(7-14-10)4-5-12(16)17/h7-8,11H,2-6H2,1H3,(H,16,17)/t11-/m1/s1. The molecule has 1 fully saturated rings. The summed E-state index contributed by atoms with van der Waals surface area (Å²) in [5.74, 6) is -0.880. The van der Waals surface area contributed by atoms with Crippen LogP contribution in [-0.4, -0.2) is 46.6 Å². The van der Waals surface area contributed by atoms with Crippen LogP contribution in [0.2, 0.25) is 0 Å². The van der Waals surface area contributed by atoms with Crippen molar-refractivity contribution < 1.29 is 18.3 Å². The number of hydrogen-bond donors (Lipinski definition) is 1. The quantitative estimate of drug-likeness (QED) is 0.854.